The van der Waals surface area contributed by atoms with Gasteiger partial charge in [0.25, 0.3) is 5.91 Å². The van der Waals surface area contributed by atoms with Gasteiger partial charge in [-0.05, 0) is 66.6 Å². The summed E-state index contributed by atoms with van der Waals surface area (Å²) >= 11 is 1.34. The van der Waals surface area contributed by atoms with Crippen LogP contribution in [0.4, 0.5) is 0 Å². The van der Waals surface area contributed by atoms with Crippen molar-refractivity contribution in [2.75, 3.05) is 0 Å². The summed E-state index contributed by atoms with van der Waals surface area (Å²) in [6.07, 6.45) is 2.16. The number of nitriles is 1. The molecule has 2 aromatic carbocycles. The standard InChI is InChI=1S/C28H21N3O4S/c1-17-25-22(30-31-27(32)24-6-3-15-36-24)4-2-5-23(25)35-26(17)28(33)34-21-13-11-20(12-14-21)19-9-7-18(16-29)8-10-19/h3,6-15H,2,4-5H2,1H3,(H,31,32)/b30-22+. The summed E-state index contributed by atoms with van der Waals surface area (Å²) in [5.41, 5.74) is 7.20. The lowest BCUT2D eigenvalue weighted by Gasteiger charge is -2.13. The summed E-state index contributed by atoms with van der Waals surface area (Å²) in [4.78, 5) is 25.8. The number of nitrogens with one attached hydrogen (secondary N) is 1. The van der Waals surface area contributed by atoms with E-state index in [4.69, 9.17) is 14.4 Å². The van der Waals surface area contributed by atoms with Crippen molar-refractivity contribution in [3.63, 3.8) is 0 Å². The quantitative estimate of drug-likeness (QED) is 0.212. The highest BCUT2D eigenvalue weighted by Gasteiger charge is 2.29. The third-order valence-electron chi connectivity index (χ3n) is 5.96. The van der Waals surface area contributed by atoms with Gasteiger partial charge in [0, 0.05) is 17.5 Å². The smallest absolute Gasteiger partial charge is 0.379 e. The molecule has 1 N–H and O–H groups in total. The van der Waals surface area contributed by atoms with Crippen LogP contribution in [0.5, 0.6) is 5.75 Å². The number of aryl methyl sites for hydroxylation is 1. The molecule has 2 heterocycles. The van der Waals surface area contributed by atoms with Crippen molar-refractivity contribution in [1.29, 1.82) is 5.26 Å². The van der Waals surface area contributed by atoms with Gasteiger partial charge in [0.05, 0.1) is 22.2 Å². The highest BCUT2D eigenvalue weighted by molar-refractivity contribution is 7.12. The molecule has 0 fully saturated rings. The maximum absolute atomic E-state index is 13.0. The maximum atomic E-state index is 13.0. The van der Waals surface area contributed by atoms with Crippen LogP contribution in [-0.2, 0) is 6.42 Å². The van der Waals surface area contributed by atoms with E-state index in [2.05, 4.69) is 16.6 Å². The second-order valence-corrected chi connectivity index (χ2v) is 9.24. The number of ether oxygens (including phenoxy) is 1. The Bertz CT molecular complexity index is 1490. The van der Waals surface area contributed by atoms with Gasteiger partial charge in [-0.1, -0.05) is 30.3 Å². The molecular weight excluding hydrogens is 474 g/mol. The molecule has 0 spiro atoms. The predicted octanol–water partition coefficient (Wildman–Crippen LogP) is 5.88. The maximum Gasteiger partial charge on any atom is 0.379 e. The highest BCUT2D eigenvalue weighted by atomic mass is 32.1. The van der Waals surface area contributed by atoms with Gasteiger partial charge in [0.2, 0.25) is 5.76 Å². The number of fused-ring (bicyclic) bond motifs is 1. The van der Waals surface area contributed by atoms with Crippen LogP contribution in [0, 0.1) is 18.3 Å². The van der Waals surface area contributed by atoms with E-state index in [1.807, 2.05) is 35.7 Å². The predicted molar refractivity (Wildman–Crippen MR) is 136 cm³/mol. The average molecular weight is 496 g/mol. The summed E-state index contributed by atoms with van der Waals surface area (Å²) in [7, 11) is 0. The normalized spacial score (nSPS) is 13.6. The van der Waals surface area contributed by atoms with Gasteiger partial charge in [-0.3, -0.25) is 4.79 Å². The Morgan fingerprint density at radius 1 is 1.06 bits per heavy atom. The lowest BCUT2D eigenvalue weighted by atomic mass is 9.93. The van der Waals surface area contributed by atoms with Crippen molar-refractivity contribution >= 4 is 28.9 Å². The summed E-state index contributed by atoms with van der Waals surface area (Å²) in [5.74, 6) is 0.342. The highest BCUT2D eigenvalue weighted by Crippen LogP contribution is 2.31. The monoisotopic (exact) mass is 495 g/mol. The van der Waals surface area contributed by atoms with E-state index >= 15 is 0 Å². The Kier molecular flexibility index (Phi) is 6.48. The SMILES string of the molecule is Cc1c(C(=O)Oc2ccc(-c3ccc(C#N)cc3)cc2)oc2c1/C(=N/NC(=O)c1cccs1)CCC2. The van der Waals surface area contributed by atoms with Gasteiger partial charge in [-0.25, -0.2) is 10.2 Å². The first-order valence-corrected chi connectivity index (χ1v) is 12.3. The number of hydrazone groups is 1. The Labute approximate surface area is 211 Å². The number of carbonyl (C=O) groups is 2. The molecule has 1 amide bonds. The van der Waals surface area contributed by atoms with Crippen molar-refractivity contribution in [2.24, 2.45) is 5.10 Å². The van der Waals surface area contributed by atoms with Crippen LogP contribution < -0.4 is 10.2 Å². The molecule has 8 heteroatoms. The molecule has 2 aromatic heterocycles. The molecule has 0 unspecified atom stereocenters. The first-order valence-electron chi connectivity index (χ1n) is 11.4. The molecule has 36 heavy (non-hydrogen) atoms. The molecule has 0 aliphatic heterocycles. The molecule has 1 aliphatic carbocycles. The molecule has 4 aromatic rings. The minimum atomic E-state index is -0.588. The van der Waals surface area contributed by atoms with E-state index in [0.717, 1.165) is 23.1 Å². The van der Waals surface area contributed by atoms with Gasteiger partial charge in [0.1, 0.15) is 11.5 Å². The third-order valence-corrected chi connectivity index (χ3v) is 6.83. The number of benzene rings is 2. The Balaban J connectivity index is 1.32. The van der Waals surface area contributed by atoms with Crippen LogP contribution in [-0.4, -0.2) is 17.6 Å². The van der Waals surface area contributed by atoms with Crippen LogP contribution >= 0.6 is 11.3 Å². The number of rotatable bonds is 5. The van der Waals surface area contributed by atoms with E-state index in [-0.39, 0.29) is 11.7 Å². The molecule has 1 aliphatic rings. The number of hydrogen-bond acceptors (Lipinski definition) is 7. The van der Waals surface area contributed by atoms with Crippen molar-refractivity contribution in [3.05, 3.63) is 99.1 Å². The Morgan fingerprint density at radius 2 is 1.78 bits per heavy atom. The van der Waals surface area contributed by atoms with Crippen LogP contribution in [0.15, 0.2) is 75.6 Å². The lowest BCUT2D eigenvalue weighted by molar-refractivity contribution is 0.0698. The summed E-state index contributed by atoms with van der Waals surface area (Å²) in [5, 5.41) is 15.1. The fourth-order valence-corrected chi connectivity index (χ4v) is 4.78. The zero-order chi connectivity index (χ0) is 25.1. The fraction of sp³-hybridized carbons (Fsp3) is 0.143. The molecule has 0 radical (unpaired) electrons. The van der Waals surface area contributed by atoms with Crippen LogP contribution in [0.2, 0.25) is 0 Å². The van der Waals surface area contributed by atoms with Gasteiger partial charge in [-0.15, -0.1) is 11.3 Å². The van der Waals surface area contributed by atoms with E-state index in [1.165, 1.54) is 11.3 Å². The molecule has 7 nitrogen and oxygen atoms in total. The van der Waals surface area contributed by atoms with E-state index in [9.17, 15) is 9.59 Å². The molecule has 0 saturated heterocycles. The van der Waals surface area contributed by atoms with Crippen molar-refractivity contribution in [2.45, 2.75) is 26.2 Å². The number of thiophene rings is 1. The summed E-state index contributed by atoms with van der Waals surface area (Å²) in [6, 6.07) is 20.1. The minimum Gasteiger partial charge on any atom is -0.453 e. The summed E-state index contributed by atoms with van der Waals surface area (Å²) in [6.45, 7) is 1.80. The zero-order valence-corrected chi connectivity index (χ0v) is 20.2. The van der Waals surface area contributed by atoms with Crippen molar-refractivity contribution < 1.29 is 18.7 Å². The number of nitrogens with zero attached hydrogens (tertiary/aromatic N) is 2. The number of furan rings is 1. The molecule has 0 atom stereocenters. The summed E-state index contributed by atoms with van der Waals surface area (Å²) < 4.78 is 11.5. The average Bonchev–Trinajstić information content (AvgIpc) is 3.57. The van der Waals surface area contributed by atoms with Gasteiger partial charge in [-0.2, -0.15) is 10.4 Å². The first-order chi connectivity index (χ1) is 17.5. The third kappa shape index (κ3) is 4.69. The molecule has 5 rings (SSSR count). The Hall–Kier alpha value is -4.48. The molecule has 0 bridgehead atoms. The van der Waals surface area contributed by atoms with Gasteiger partial charge < -0.3 is 9.15 Å². The van der Waals surface area contributed by atoms with Gasteiger partial charge in [0.15, 0.2) is 0 Å². The fourth-order valence-electron chi connectivity index (χ4n) is 4.16. The van der Waals surface area contributed by atoms with Crippen LogP contribution in [0.3, 0.4) is 0 Å². The van der Waals surface area contributed by atoms with Crippen LogP contribution in [0.1, 0.15) is 55.5 Å². The number of amides is 1. The van der Waals surface area contributed by atoms with E-state index in [0.29, 0.717) is 46.1 Å². The minimum absolute atomic E-state index is 0.135. The van der Waals surface area contributed by atoms with E-state index < -0.39 is 5.97 Å². The first kappa shape index (κ1) is 23.3. The zero-order valence-electron chi connectivity index (χ0n) is 19.4. The van der Waals surface area contributed by atoms with Crippen molar-refractivity contribution in [1.82, 2.24) is 5.43 Å². The topological polar surface area (TPSA) is 105 Å². The molecule has 178 valence electrons. The second-order valence-electron chi connectivity index (χ2n) is 8.29. The molecular formula is C28H21N3O4S. The number of carbonyl (C=O) groups excluding carboxylic acids is 2. The van der Waals surface area contributed by atoms with Crippen molar-refractivity contribution in [3.8, 4) is 22.9 Å². The number of hydrogen-bond donors (Lipinski definition) is 1. The number of esters is 1. The molecule has 0 saturated carbocycles. The second kappa shape index (κ2) is 10.0. The van der Waals surface area contributed by atoms with E-state index in [1.54, 1.807) is 37.3 Å². The lowest BCUT2D eigenvalue weighted by Crippen LogP contribution is -2.21. The van der Waals surface area contributed by atoms with Gasteiger partial charge >= 0.3 is 5.97 Å². The Morgan fingerprint density at radius 3 is 2.44 bits per heavy atom. The van der Waals surface area contributed by atoms with Crippen LogP contribution in [0.25, 0.3) is 11.1 Å². The largest absolute Gasteiger partial charge is 0.453 e.